The number of benzene rings is 1. The van der Waals surface area contributed by atoms with Gasteiger partial charge in [-0.05, 0) is 25.0 Å². The molecule has 1 aromatic rings. The summed E-state index contributed by atoms with van der Waals surface area (Å²) in [5.74, 6) is 1.61. The highest BCUT2D eigenvalue weighted by atomic mass is 16.5. The molecular formula is C16H24N2O3. The number of primary amides is 1. The van der Waals surface area contributed by atoms with Crippen LogP contribution in [0.4, 0.5) is 0 Å². The summed E-state index contributed by atoms with van der Waals surface area (Å²) in [4.78, 5) is 13.5. The van der Waals surface area contributed by atoms with Crippen molar-refractivity contribution in [3.05, 3.63) is 24.3 Å². The maximum atomic E-state index is 11.3. The van der Waals surface area contributed by atoms with Crippen molar-refractivity contribution in [3.63, 3.8) is 0 Å². The van der Waals surface area contributed by atoms with Crippen molar-refractivity contribution in [3.8, 4) is 11.5 Å². The molecular weight excluding hydrogens is 268 g/mol. The first-order valence-electron chi connectivity index (χ1n) is 7.48. The van der Waals surface area contributed by atoms with Crippen molar-refractivity contribution in [1.29, 1.82) is 0 Å². The van der Waals surface area contributed by atoms with Gasteiger partial charge >= 0.3 is 0 Å². The lowest BCUT2D eigenvalue weighted by molar-refractivity contribution is -0.122. The topological polar surface area (TPSA) is 64.8 Å². The van der Waals surface area contributed by atoms with E-state index in [9.17, 15) is 4.79 Å². The molecule has 2 atom stereocenters. The van der Waals surface area contributed by atoms with Gasteiger partial charge in [-0.25, -0.2) is 0 Å². The van der Waals surface area contributed by atoms with Gasteiger partial charge in [0.25, 0.3) is 0 Å². The van der Waals surface area contributed by atoms with E-state index < -0.39 is 0 Å². The third-order valence-corrected chi connectivity index (χ3v) is 3.87. The molecule has 1 aliphatic rings. The summed E-state index contributed by atoms with van der Waals surface area (Å²) in [6.45, 7) is 7.62. The van der Waals surface area contributed by atoms with E-state index in [-0.39, 0.29) is 11.8 Å². The predicted molar refractivity (Wildman–Crippen MR) is 81.4 cm³/mol. The summed E-state index contributed by atoms with van der Waals surface area (Å²) in [6.07, 6.45) is 0. The SMILES string of the molecule is CCOc1ccccc1OCCN1C[C@@H](C)[C@H](C(N)=O)C1. The van der Waals surface area contributed by atoms with E-state index in [0.717, 1.165) is 31.1 Å². The quantitative estimate of drug-likeness (QED) is 0.827. The molecule has 1 aromatic carbocycles. The maximum Gasteiger partial charge on any atom is 0.222 e. The van der Waals surface area contributed by atoms with Crippen molar-refractivity contribution in [1.82, 2.24) is 4.90 Å². The van der Waals surface area contributed by atoms with Gasteiger partial charge in [0, 0.05) is 19.6 Å². The second-order valence-corrected chi connectivity index (χ2v) is 5.47. The Bertz CT molecular complexity index is 478. The van der Waals surface area contributed by atoms with Crippen LogP contribution in [0.3, 0.4) is 0 Å². The fourth-order valence-electron chi connectivity index (χ4n) is 2.75. The van der Waals surface area contributed by atoms with E-state index in [0.29, 0.717) is 19.1 Å². The molecule has 0 saturated carbocycles. The molecule has 2 rings (SSSR count). The Hall–Kier alpha value is -1.75. The highest BCUT2D eigenvalue weighted by Crippen LogP contribution is 2.27. The van der Waals surface area contributed by atoms with Crippen LogP contribution in [0, 0.1) is 11.8 Å². The Morgan fingerprint density at radius 1 is 1.29 bits per heavy atom. The van der Waals surface area contributed by atoms with Gasteiger partial charge in [-0.2, -0.15) is 0 Å². The summed E-state index contributed by atoms with van der Waals surface area (Å²) < 4.78 is 11.3. The number of hydrogen-bond donors (Lipinski definition) is 1. The molecule has 21 heavy (non-hydrogen) atoms. The van der Waals surface area contributed by atoms with Gasteiger partial charge < -0.3 is 15.2 Å². The maximum absolute atomic E-state index is 11.3. The largest absolute Gasteiger partial charge is 0.490 e. The minimum absolute atomic E-state index is 0.0410. The molecule has 2 N–H and O–H groups in total. The lowest BCUT2D eigenvalue weighted by atomic mass is 9.98. The number of amides is 1. The number of carbonyl (C=O) groups is 1. The van der Waals surface area contributed by atoms with E-state index in [4.69, 9.17) is 15.2 Å². The van der Waals surface area contributed by atoms with Crippen LogP contribution in [0.5, 0.6) is 11.5 Å². The van der Waals surface area contributed by atoms with Crippen LogP contribution in [0.2, 0.25) is 0 Å². The van der Waals surface area contributed by atoms with Crippen LogP contribution in [0.15, 0.2) is 24.3 Å². The predicted octanol–water partition coefficient (Wildman–Crippen LogP) is 1.52. The Morgan fingerprint density at radius 2 is 1.95 bits per heavy atom. The zero-order valence-electron chi connectivity index (χ0n) is 12.7. The van der Waals surface area contributed by atoms with Gasteiger partial charge in [-0.3, -0.25) is 9.69 Å². The van der Waals surface area contributed by atoms with E-state index in [1.807, 2.05) is 31.2 Å². The number of likely N-dealkylation sites (tertiary alicyclic amines) is 1. The average Bonchev–Trinajstić information content (AvgIpc) is 2.82. The van der Waals surface area contributed by atoms with E-state index in [1.165, 1.54) is 0 Å². The summed E-state index contributed by atoms with van der Waals surface area (Å²) >= 11 is 0. The fourth-order valence-corrected chi connectivity index (χ4v) is 2.75. The van der Waals surface area contributed by atoms with Crippen LogP contribution in [-0.4, -0.2) is 43.7 Å². The van der Waals surface area contributed by atoms with Crippen molar-refractivity contribution in [2.45, 2.75) is 13.8 Å². The Morgan fingerprint density at radius 3 is 2.52 bits per heavy atom. The first-order chi connectivity index (χ1) is 10.1. The molecule has 1 heterocycles. The van der Waals surface area contributed by atoms with Crippen molar-refractivity contribution in [2.75, 3.05) is 32.8 Å². The zero-order chi connectivity index (χ0) is 15.2. The summed E-state index contributed by atoms with van der Waals surface area (Å²) in [7, 11) is 0. The van der Waals surface area contributed by atoms with E-state index >= 15 is 0 Å². The number of rotatable bonds is 7. The molecule has 1 fully saturated rings. The molecule has 1 aliphatic heterocycles. The smallest absolute Gasteiger partial charge is 0.222 e. The highest BCUT2D eigenvalue weighted by molar-refractivity contribution is 5.77. The lowest BCUT2D eigenvalue weighted by Gasteiger charge is -2.17. The summed E-state index contributed by atoms with van der Waals surface area (Å²) in [6, 6.07) is 7.67. The first kappa shape index (κ1) is 15.6. The van der Waals surface area contributed by atoms with Crippen LogP contribution < -0.4 is 15.2 Å². The number of nitrogens with zero attached hydrogens (tertiary/aromatic N) is 1. The molecule has 5 nitrogen and oxygen atoms in total. The lowest BCUT2D eigenvalue weighted by Crippen LogP contribution is -2.30. The molecule has 116 valence electrons. The van der Waals surface area contributed by atoms with Gasteiger partial charge in [0.05, 0.1) is 12.5 Å². The van der Waals surface area contributed by atoms with Crippen molar-refractivity contribution in [2.24, 2.45) is 17.6 Å². The summed E-state index contributed by atoms with van der Waals surface area (Å²) in [5.41, 5.74) is 5.41. The minimum atomic E-state index is -0.201. The Labute approximate surface area is 126 Å². The number of hydrogen-bond acceptors (Lipinski definition) is 4. The van der Waals surface area contributed by atoms with Gasteiger partial charge in [-0.15, -0.1) is 0 Å². The van der Waals surface area contributed by atoms with E-state index in [1.54, 1.807) is 0 Å². The van der Waals surface area contributed by atoms with Crippen LogP contribution in [-0.2, 0) is 4.79 Å². The monoisotopic (exact) mass is 292 g/mol. The molecule has 0 spiro atoms. The molecule has 0 bridgehead atoms. The highest BCUT2D eigenvalue weighted by Gasteiger charge is 2.32. The fraction of sp³-hybridized carbons (Fsp3) is 0.562. The van der Waals surface area contributed by atoms with Crippen LogP contribution >= 0.6 is 0 Å². The standard InChI is InChI=1S/C16H24N2O3/c1-3-20-14-6-4-5-7-15(14)21-9-8-18-10-12(2)13(11-18)16(17)19/h4-7,12-13H,3,8-11H2,1-2H3,(H2,17,19)/t12-,13-/m1/s1. The molecule has 0 aromatic heterocycles. The molecule has 1 saturated heterocycles. The van der Waals surface area contributed by atoms with Gasteiger partial charge in [0.1, 0.15) is 6.61 Å². The van der Waals surface area contributed by atoms with Crippen LogP contribution in [0.1, 0.15) is 13.8 Å². The van der Waals surface area contributed by atoms with Crippen molar-refractivity contribution >= 4 is 5.91 Å². The number of para-hydroxylation sites is 2. The van der Waals surface area contributed by atoms with Gasteiger partial charge in [0.2, 0.25) is 5.91 Å². The molecule has 0 aliphatic carbocycles. The average molecular weight is 292 g/mol. The zero-order valence-corrected chi connectivity index (χ0v) is 12.7. The third-order valence-electron chi connectivity index (χ3n) is 3.87. The Balaban J connectivity index is 1.81. The van der Waals surface area contributed by atoms with Crippen molar-refractivity contribution < 1.29 is 14.3 Å². The second-order valence-electron chi connectivity index (χ2n) is 5.47. The van der Waals surface area contributed by atoms with Gasteiger partial charge in [-0.1, -0.05) is 19.1 Å². The second kappa shape index (κ2) is 7.31. The van der Waals surface area contributed by atoms with Gasteiger partial charge in [0.15, 0.2) is 11.5 Å². The minimum Gasteiger partial charge on any atom is -0.490 e. The molecule has 1 amide bonds. The Kier molecular flexibility index (Phi) is 5.44. The number of nitrogens with two attached hydrogens (primary N) is 1. The summed E-state index contributed by atoms with van der Waals surface area (Å²) in [5, 5.41) is 0. The molecule has 0 radical (unpaired) electrons. The molecule has 0 unspecified atom stereocenters. The number of ether oxygens (including phenoxy) is 2. The molecule has 5 heteroatoms. The van der Waals surface area contributed by atoms with Crippen LogP contribution in [0.25, 0.3) is 0 Å². The first-order valence-corrected chi connectivity index (χ1v) is 7.48. The normalized spacial score (nSPS) is 22.2. The third kappa shape index (κ3) is 4.11. The number of carbonyl (C=O) groups excluding carboxylic acids is 1. The van der Waals surface area contributed by atoms with E-state index in [2.05, 4.69) is 11.8 Å².